The van der Waals surface area contributed by atoms with Gasteiger partial charge >= 0.3 is 5.97 Å². The Balaban J connectivity index is 2.64. The fourth-order valence-electron chi connectivity index (χ4n) is 1.82. The van der Waals surface area contributed by atoms with Gasteiger partial charge in [0, 0.05) is 1.37 Å². The molecule has 1 aliphatic carbocycles. The minimum Gasteiger partial charge on any atom is -0.468 e. The fraction of sp³-hybridized carbons (Fsp3) is 0.900. The summed E-state index contributed by atoms with van der Waals surface area (Å²) >= 11 is 0. The first-order valence-corrected chi connectivity index (χ1v) is 5.03. The van der Waals surface area contributed by atoms with Crippen LogP contribution in [-0.2, 0) is 9.53 Å². The van der Waals surface area contributed by atoms with Crippen molar-refractivity contribution in [2.75, 3.05) is 7.11 Å². The number of aliphatic hydroxyl groups is 1. The molecular formula is C10H19NO3. The molecule has 0 aromatic heterocycles. The van der Waals surface area contributed by atoms with E-state index >= 15 is 0 Å². The molecule has 0 heterocycles. The van der Waals surface area contributed by atoms with Crippen molar-refractivity contribution in [3.8, 4) is 0 Å². The summed E-state index contributed by atoms with van der Waals surface area (Å²) in [4.78, 5) is 11.1. The largest absolute Gasteiger partial charge is 0.468 e. The van der Waals surface area contributed by atoms with Crippen LogP contribution in [0.3, 0.4) is 0 Å². The second kappa shape index (κ2) is 5.32. The van der Waals surface area contributed by atoms with E-state index in [0.717, 1.165) is 19.3 Å². The Bertz CT molecular complexity index is 229. The number of ether oxygens (including phenoxy) is 1. The van der Waals surface area contributed by atoms with Gasteiger partial charge in [0.2, 0.25) is 0 Å². The SMILES string of the molecule is [2H]C1([C@@H](O)[C@@H](N)C(=O)OC)CCCCC1. The Kier molecular flexibility index (Phi) is 3.77. The molecule has 4 heteroatoms. The predicted octanol–water partition coefficient (Wildman–Crippen LogP) is 0.428. The molecule has 1 saturated carbocycles. The number of methoxy groups -OCH3 is 1. The highest BCUT2D eigenvalue weighted by Crippen LogP contribution is 2.27. The highest BCUT2D eigenvalue weighted by Gasteiger charge is 2.31. The number of aliphatic hydroxyl groups excluding tert-OH is 1. The third kappa shape index (κ3) is 2.69. The molecule has 2 atom stereocenters. The van der Waals surface area contributed by atoms with Gasteiger partial charge in [-0.2, -0.15) is 0 Å². The number of hydrogen-bond donors (Lipinski definition) is 2. The Morgan fingerprint density at radius 2 is 2.14 bits per heavy atom. The van der Waals surface area contributed by atoms with Gasteiger partial charge in [0.15, 0.2) is 0 Å². The maximum Gasteiger partial charge on any atom is 0.325 e. The molecule has 14 heavy (non-hydrogen) atoms. The minimum absolute atomic E-state index is 0.596. The number of rotatable bonds is 3. The molecule has 0 spiro atoms. The van der Waals surface area contributed by atoms with Crippen molar-refractivity contribution in [1.29, 1.82) is 0 Å². The van der Waals surface area contributed by atoms with Crippen LogP contribution in [0.15, 0.2) is 0 Å². The molecule has 0 saturated heterocycles. The molecule has 82 valence electrons. The van der Waals surface area contributed by atoms with Crippen LogP contribution in [0.4, 0.5) is 0 Å². The molecule has 0 bridgehead atoms. The Morgan fingerprint density at radius 3 is 2.64 bits per heavy atom. The number of esters is 1. The summed E-state index contributed by atoms with van der Waals surface area (Å²) in [6.07, 6.45) is 2.96. The van der Waals surface area contributed by atoms with E-state index in [-0.39, 0.29) is 0 Å². The van der Waals surface area contributed by atoms with Crippen LogP contribution in [0.5, 0.6) is 0 Å². The van der Waals surface area contributed by atoms with Crippen LogP contribution in [-0.4, -0.2) is 30.3 Å². The van der Waals surface area contributed by atoms with Gasteiger partial charge in [-0.05, 0) is 18.7 Å². The lowest BCUT2D eigenvalue weighted by Crippen LogP contribution is -2.46. The molecular weight excluding hydrogens is 182 g/mol. The molecule has 0 aliphatic heterocycles. The summed E-state index contributed by atoms with van der Waals surface area (Å²) in [5.41, 5.74) is 5.54. The molecule has 0 amide bonds. The summed E-state index contributed by atoms with van der Waals surface area (Å²) in [6.45, 7) is 0. The van der Waals surface area contributed by atoms with Gasteiger partial charge in [0.05, 0.1) is 13.2 Å². The van der Waals surface area contributed by atoms with Gasteiger partial charge in [-0.1, -0.05) is 19.3 Å². The van der Waals surface area contributed by atoms with E-state index in [1.54, 1.807) is 0 Å². The Morgan fingerprint density at radius 1 is 1.57 bits per heavy atom. The van der Waals surface area contributed by atoms with E-state index in [0.29, 0.717) is 12.8 Å². The molecule has 1 fully saturated rings. The summed E-state index contributed by atoms with van der Waals surface area (Å²) in [5.74, 6) is -1.63. The molecule has 1 aliphatic rings. The van der Waals surface area contributed by atoms with Gasteiger partial charge in [-0.3, -0.25) is 4.79 Å². The summed E-state index contributed by atoms with van der Waals surface area (Å²) in [6, 6.07) is -1.11. The average Bonchev–Trinajstić information content (AvgIpc) is 2.27. The zero-order valence-electron chi connectivity index (χ0n) is 9.53. The van der Waals surface area contributed by atoms with E-state index in [2.05, 4.69) is 4.74 Å². The molecule has 1 rings (SSSR count). The van der Waals surface area contributed by atoms with Crippen molar-refractivity contribution in [2.45, 2.75) is 44.2 Å². The molecule has 0 radical (unpaired) electrons. The van der Waals surface area contributed by atoms with Gasteiger partial charge in [-0.25, -0.2) is 0 Å². The lowest BCUT2D eigenvalue weighted by atomic mass is 9.83. The number of hydrogen-bond acceptors (Lipinski definition) is 4. The van der Waals surface area contributed by atoms with E-state index < -0.39 is 24.0 Å². The van der Waals surface area contributed by atoms with Crippen LogP contribution >= 0.6 is 0 Å². The van der Waals surface area contributed by atoms with Crippen LogP contribution in [0.2, 0.25) is 0 Å². The van der Waals surface area contributed by atoms with E-state index in [1.165, 1.54) is 7.11 Å². The van der Waals surface area contributed by atoms with Crippen LogP contribution < -0.4 is 5.73 Å². The topological polar surface area (TPSA) is 72.5 Å². The smallest absolute Gasteiger partial charge is 0.325 e. The number of carbonyl (C=O) groups excluding carboxylic acids is 1. The van der Waals surface area contributed by atoms with E-state index in [4.69, 9.17) is 7.10 Å². The van der Waals surface area contributed by atoms with Gasteiger partial charge in [-0.15, -0.1) is 0 Å². The van der Waals surface area contributed by atoms with Crippen LogP contribution in [0, 0.1) is 5.89 Å². The zero-order chi connectivity index (χ0) is 11.5. The zero-order valence-corrected chi connectivity index (χ0v) is 8.53. The predicted molar refractivity (Wildman–Crippen MR) is 52.6 cm³/mol. The van der Waals surface area contributed by atoms with Crippen molar-refractivity contribution < 1.29 is 16.0 Å². The number of carbonyl (C=O) groups is 1. The average molecular weight is 202 g/mol. The lowest BCUT2D eigenvalue weighted by molar-refractivity contribution is -0.146. The van der Waals surface area contributed by atoms with Crippen molar-refractivity contribution >= 4 is 5.97 Å². The maximum absolute atomic E-state index is 11.1. The standard InChI is InChI=1S/C10H19NO3/c1-14-10(13)8(11)9(12)7-5-3-2-4-6-7/h7-9,12H,2-6,11H2,1H3/t8-,9-/m1/s1/i7D. The lowest BCUT2D eigenvalue weighted by Gasteiger charge is -2.28. The summed E-state index contributed by atoms with van der Waals surface area (Å²) in [5, 5.41) is 9.89. The molecule has 4 nitrogen and oxygen atoms in total. The van der Waals surface area contributed by atoms with Crippen molar-refractivity contribution in [3.63, 3.8) is 0 Å². The normalized spacial score (nSPS) is 26.1. The molecule has 0 aromatic rings. The van der Waals surface area contributed by atoms with Crippen LogP contribution in [0.25, 0.3) is 0 Å². The molecule has 0 aromatic carbocycles. The van der Waals surface area contributed by atoms with E-state index in [9.17, 15) is 9.90 Å². The highest BCUT2D eigenvalue weighted by molar-refractivity contribution is 5.76. The summed E-state index contributed by atoms with van der Waals surface area (Å²) < 4.78 is 12.5. The quantitative estimate of drug-likeness (QED) is 0.651. The van der Waals surface area contributed by atoms with Crippen molar-refractivity contribution in [3.05, 3.63) is 0 Å². The van der Waals surface area contributed by atoms with Gasteiger partial charge in [0.25, 0.3) is 0 Å². The van der Waals surface area contributed by atoms with Gasteiger partial charge < -0.3 is 15.6 Å². The van der Waals surface area contributed by atoms with Gasteiger partial charge in [0.1, 0.15) is 6.04 Å². The first-order chi connectivity index (χ1) is 7.01. The van der Waals surface area contributed by atoms with Crippen LogP contribution in [0.1, 0.15) is 33.5 Å². The Hall–Kier alpha value is -0.610. The molecule has 0 unspecified atom stereocenters. The third-order valence-corrected chi connectivity index (χ3v) is 2.73. The maximum atomic E-state index is 11.1. The molecule has 3 N–H and O–H groups in total. The Labute approximate surface area is 85.8 Å². The third-order valence-electron chi connectivity index (χ3n) is 2.73. The first kappa shape index (κ1) is 9.93. The monoisotopic (exact) mass is 202 g/mol. The second-order valence-electron chi connectivity index (χ2n) is 3.71. The summed E-state index contributed by atoms with van der Waals surface area (Å²) in [7, 11) is 1.23. The minimum atomic E-state index is -1.13. The first-order valence-electron chi connectivity index (χ1n) is 5.53. The van der Waals surface area contributed by atoms with Crippen molar-refractivity contribution in [1.82, 2.24) is 0 Å². The number of nitrogens with two attached hydrogens (primary N) is 1. The fourth-order valence-corrected chi connectivity index (χ4v) is 1.82. The van der Waals surface area contributed by atoms with E-state index in [1.807, 2.05) is 0 Å². The van der Waals surface area contributed by atoms with Crippen molar-refractivity contribution in [2.24, 2.45) is 11.6 Å². The highest BCUT2D eigenvalue weighted by atomic mass is 16.5. The second-order valence-corrected chi connectivity index (χ2v) is 3.71.